The van der Waals surface area contributed by atoms with E-state index in [2.05, 4.69) is 46.1 Å². The van der Waals surface area contributed by atoms with E-state index in [-0.39, 0.29) is 24.0 Å². The van der Waals surface area contributed by atoms with E-state index in [9.17, 15) is 0 Å². The minimum Gasteiger partial charge on any atom is -0.377 e. The van der Waals surface area contributed by atoms with Crippen LogP contribution >= 0.6 is 35.3 Å². The van der Waals surface area contributed by atoms with Crippen LogP contribution in [0.1, 0.15) is 24.6 Å². The molecule has 2 N–H and O–H groups in total. The molecule has 1 atom stereocenters. The number of halogens is 1. The summed E-state index contributed by atoms with van der Waals surface area (Å²) in [7, 11) is 1.83. The highest BCUT2D eigenvalue weighted by Gasteiger charge is 2.07. The van der Waals surface area contributed by atoms with E-state index in [1.54, 1.807) is 0 Å². The molecule has 1 unspecified atom stereocenters. The Bertz CT molecular complexity index is 488. The summed E-state index contributed by atoms with van der Waals surface area (Å²) in [6, 6.07) is 4.32. The van der Waals surface area contributed by atoms with Gasteiger partial charge in [0.1, 0.15) is 0 Å². The predicted octanol–water partition coefficient (Wildman–Crippen LogP) is 3.45. The van der Waals surface area contributed by atoms with Crippen LogP contribution in [0.5, 0.6) is 0 Å². The molecule has 0 aliphatic carbocycles. The summed E-state index contributed by atoms with van der Waals surface area (Å²) in [6.45, 7) is 5.76. The Morgan fingerprint density at radius 3 is 2.96 bits per heavy atom. The molecule has 2 heterocycles. The van der Waals surface area contributed by atoms with Gasteiger partial charge in [0, 0.05) is 25.0 Å². The van der Waals surface area contributed by atoms with Crippen LogP contribution < -0.4 is 10.6 Å². The fourth-order valence-corrected chi connectivity index (χ4v) is 3.34. The van der Waals surface area contributed by atoms with E-state index in [0.717, 1.165) is 51.5 Å². The zero-order valence-electron chi connectivity index (χ0n) is 14.0. The van der Waals surface area contributed by atoms with Crippen molar-refractivity contribution in [1.82, 2.24) is 10.6 Å². The lowest BCUT2D eigenvalue weighted by Gasteiger charge is -2.17. The molecule has 1 aliphatic heterocycles. The molecule has 0 spiro atoms. The van der Waals surface area contributed by atoms with Crippen LogP contribution in [0, 0.1) is 5.92 Å². The van der Waals surface area contributed by atoms with Gasteiger partial charge in [-0.1, -0.05) is 24.6 Å². The summed E-state index contributed by atoms with van der Waals surface area (Å²) in [5.74, 6) is 1.49. The van der Waals surface area contributed by atoms with Crippen LogP contribution in [0.3, 0.4) is 0 Å². The largest absolute Gasteiger partial charge is 0.377 e. The number of aliphatic imine (C=N–C) groups is 1. The molecule has 1 aliphatic rings. The van der Waals surface area contributed by atoms with E-state index in [1.807, 2.05) is 18.4 Å². The Labute approximate surface area is 160 Å². The molecule has 1 aromatic rings. The van der Waals surface area contributed by atoms with Gasteiger partial charge in [-0.05, 0) is 36.6 Å². The van der Waals surface area contributed by atoms with Gasteiger partial charge in [-0.3, -0.25) is 4.99 Å². The van der Waals surface area contributed by atoms with Gasteiger partial charge in [0.15, 0.2) is 5.96 Å². The van der Waals surface area contributed by atoms with Crippen molar-refractivity contribution in [3.8, 4) is 0 Å². The van der Waals surface area contributed by atoms with Gasteiger partial charge in [0.2, 0.25) is 0 Å². The van der Waals surface area contributed by atoms with Crippen molar-refractivity contribution in [2.45, 2.75) is 26.2 Å². The third-order valence-corrected chi connectivity index (χ3v) is 4.67. The van der Waals surface area contributed by atoms with Crippen molar-refractivity contribution in [1.29, 1.82) is 0 Å². The molecular formula is C17H28IN3OS. The summed E-state index contributed by atoms with van der Waals surface area (Å²) in [5, 5.41) is 8.95. The molecule has 0 amide bonds. The molecule has 0 radical (unpaired) electrons. The molecule has 0 aromatic carbocycles. The topological polar surface area (TPSA) is 45.7 Å². The number of ether oxygens (including phenoxy) is 1. The first-order valence-corrected chi connectivity index (χ1v) is 8.88. The molecule has 0 saturated carbocycles. The smallest absolute Gasteiger partial charge is 0.190 e. The van der Waals surface area contributed by atoms with Gasteiger partial charge >= 0.3 is 0 Å². The van der Waals surface area contributed by atoms with Gasteiger partial charge < -0.3 is 15.4 Å². The Morgan fingerprint density at radius 2 is 2.30 bits per heavy atom. The maximum atomic E-state index is 5.32. The van der Waals surface area contributed by atoms with Crippen molar-refractivity contribution >= 4 is 41.3 Å². The normalized spacial score (nSPS) is 16.3. The van der Waals surface area contributed by atoms with Gasteiger partial charge in [-0.25, -0.2) is 0 Å². The summed E-state index contributed by atoms with van der Waals surface area (Å²) in [6.07, 6.45) is 5.44. The monoisotopic (exact) mass is 449 g/mol. The van der Waals surface area contributed by atoms with Crippen LogP contribution in [0.15, 0.2) is 34.2 Å². The second-order valence-electron chi connectivity index (χ2n) is 5.71. The number of nitrogens with one attached hydrogen (secondary N) is 2. The fraction of sp³-hybridized carbons (Fsp3) is 0.588. The van der Waals surface area contributed by atoms with Crippen molar-refractivity contribution < 1.29 is 4.74 Å². The lowest BCUT2D eigenvalue weighted by Crippen LogP contribution is -2.40. The number of guanidine groups is 1. The zero-order valence-corrected chi connectivity index (χ0v) is 17.2. The van der Waals surface area contributed by atoms with Gasteiger partial charge in [0.25, 0.3) is 0 Å². The van der Waals surface area contributed by atoms with Crippen LogP contribution in [0.2, 0.25) is 0 Å². The minimum atomic E-state index is 0. The van der Waals surface area contributed by atoms with Crippen molar-refractivity contribution in [3.63, 3.8) is 0 Å². The average Bonchev–Trinajstić information content (AvgIpc) is 3.04. The second kappa shape index (κ2) is 11.9. The van der Waals surface area contributed by atoms with E-state index >= 15 is 0 Å². The average molecular weight is 449 g/mol. The first-order chi connectivity index (χ1) is 10.8. The third-order valence-electron chi connectivity index (χ3n) is 3.77. The van der Waals surface area contributed by atoms with Crippen LogP contribution in [-0.4, -0.2) is 39.3 Å². The second-order valence-corrected chi connectivity index (χ2v) is 6.74. The Morgan fingerprint density at radius 1 is 1.43 bits per heavy atom. The fourth-order valence-electron chi connectivity index (χ4n) is 2.47. The highest BCUT2D eigenvalue weighted by Crippen LogP contribution is 2.14. The van der Waals surface area contributed by atoms with Gasteiger partial charge in [-0.15, -0.1) is 35.3 Å². The summed E-state index contributed by atoms with van der Waals surface area (Å²) in [5.41, 5.74) is 1.49. The quantitative estimate of drug-likeness (QED) is 0.290. The SMILES string of the molecule is CN=C(NCCC1=CCOCC1)NCC(C)Cc1cccs1.I. The zero-order chi connectivity index (χ0) is 15.6. The molecule has 2 rings (SSSR count). The van der Waals surface area contributed by atoms with Gasteiger partial charge in [0.05, 0.1) is 13.2 Å². The number of rotatable bonds is 7. The number of hydrogen-bond acceptors (Lipinski definition) is 3. The van der Waals surface area contributed by atoms with E-state index in [4.69, 9.17) is 4.74 Å². The minimum absolute atomic E-state index is 0. The lowest BCUT2D eigenvalue weighted by atomic mass is 10.1. The maximum Gasteiger partial charge on any atom is 0.190 e. The molecule has 23 heavy (non-hydrogen) atoms. The Kier molecular flexibility index (Phi) is 10.5. The van der Waals surface area contributed by atoms with Gasteiger partial charge in [-0.2, -0.15) is 0 Å². The highest BCUT2D eigenvalue weighted by molar-refractivity contribution is 14.0. The van der Waals surface area contributed by atoms with Crippen molar-refractivity contribution in [2.24, 2.45) is 10.9 Å². The van der Waals surface area contributed by atoms with E-state index in [0.29, 0.717) is 5.92 Å². The molecule has 0 fully saturated rings. The van der Waals surface area contributed by atoms with Crippen LogP contribution in [-0.2, 0) is 11.2 Å². The van der Waals surface area contributed by atoms with E-state index in [1.165, 1.54) is 10.5 Å². The summed E-state index contributed by atoms with van der Waals surface area (Å²) < 4.78 is 5.32. The van der Waals surface area contributed by atoms with Crippen molar-refractivity contribution in [2.75, 3.05) is 33.4 Å². The van der Waals surface area contributed by atoms with Crippen molar-refractivity contribution in [3.05, 3.63) is 34.0 Å². The molecule has 1 aromatic heterocycles. The Balaban J connectivity index is 0.00000264. The first kappa shape index (κ1) is 20.4. The van der Waals surface area contributed by atoms with Crippen LogP contribution in [0.25, 0.3) is 0 Å². The summed E-state index contributed by atoms with van der Waals surface area (Å²) in [4.78, 5) is 5.74. The molecular weight excluding hydrogens is 421 g/mol. The molecule has 0 saturated heterocycles. The Hall–Kier alpha value is -0.600. The third kappa shape index (κ3) is 8.17. The number of nitrogens with zero attached hydrogens (tertiary/aromatic N) is 1. The standard InChI is InChI=1S/C17H27N3OS.HI/c1-14(12-16-4-3-11-22-16)13-20-17(18-2)19-8-5-15-6-9-21-10-7-15;/h3-4,6,11,14H,5,7-10,12-13H2,1-2H3,(H2,18,19,20);1H. The maximum absolute atomic E-state index is 5.32. The van der Waals surface area contributed by atoms with E-state index < -0.39 is 0 Å². The molecule has 6 heteroatoms. The molecule has 4 nitrogen and oxygen atoms in total. The first-order valence-electron chi connectivity index (χ1n) is 8.00. The number of thiophene rings is 1. The summed E-state index contributed by atoms with van der Waals surface area (Å²) >= 11 is 1.83. The van der Waals surface area contributed by atoms with Crippen LogP contribution in [0.4, 0.5) is 0 Å². The molecule has 130 valence electrons. The highest BCUT2D eigenvalue weighted by atomic mass is 127. The lowest BCUT2D eigenvalue weighted by molar-refractivity contribution is 0.153. The molecule has 0 bridgehead atoms. The predicted molar refractivity (Wildman–Crippen MR) is 110 cm³/mol. The number of hydrogen-bond donors (Lipinski definition) is 2.